The van der Waals surface area contributed by atoms with Gasteiger partial charge in [0.05, 0.1) is 17.0 Å². The third kappa shape index (κ3) is 5.52. The van der Waals surface area contributed by atoms with Gasteiger partial charge in [-0.15, -0.1) is 0 Å². The number of hydrogen-bond acceptors (Lipinski definition) is 7. The van der Waals surface area contributed by atoms with E-state index in [1.165, 1.54) is 48.2 Å². The van der Waals surface area contributed by atoms with Gasteiger partial charge in [0, 0.05) is 42.2 Å². The zero-order valence-electron chi connectivity index (χ0n) is 21.7. The zero-order chi connectivity index (χ0) is 29.3. The number of nitrogens with one attached hydrogen (secondary N) is 1. The fourth-order valence-corrected chi connectivity index (χ4v) is 5.08. The maximum absolute atomic E-state index is 13.8. The lowest BCUT2D eigenvalue weighted by molar-refractivity contribution is -0.384. The first-order chi connectivity index (χ1) is 19.6. The molecular formula is C29H23ClN4O7. The largest absolute Gasteiger partial charge is 0.427 e. The van der Waals surface area contributed by atoms with Crippen LogP contribution in [0.15, 0.2) is 72.9 Å². The first-order valence-electron chi connectivity index (χ1n) is 12.6. The van der Waals surface area contributed by atoms with Crippen LogP contribution in [0.4, 0.5) is 11.4 Å². The number of halogens is 1. The average Bonchev–Trinajstić information content (AvgIpc) is 3.49. The molecule has 1 aliphatic rings. The van der Waals surface area contributed by atoms with Gasteiger partial charge in [-0.25, -0.2) is 4.90 Å². The standard InChI is InChI=1S/C29H23ClN4O7/c1-17(35)41-21-9-7-20(8-10-21)33-27(36)15-26(29(33)38)32(13-12-19-16-31-24-5-3-2-4-22(19)24)28(37)18-6-11-23(30)25(14-18)34(39)40/h2-11,14,16,26,31H,12-13,15H2,1H3. The van der Waals surface area contributed by atoms with Gasteiger partial charge in [0.25, 0.3) is 17.5 Å². The van der Waals surface area contributed by atoms with Crippen LogP contribution in [0.3, 0.4) is 0 Å². The number of carbonyl (C=O) groups excluding carboxylic acids is 4. The molecule has 1 fully saturated rings. The summed E-state index contributed by atoms with van der Waals surface area (Å²) >= 11 is 5.95. The molecule has 5 rings (SSSR count). The van der Waals surface area contributed by atoms with Crippen LogP contribution < -0.4 is 9.64 Å². The van der Waals surface area contributed by atoms with Crippen molar-refractivity contribution in [1.82, 2.24) is 9.88 Å². The number of rotatable bonds is 8. The number of H-pyrrole nitrogens is 1. The van der Waals surface area contributed by atoms with Gasteiger partial charge >= 0.3 is 5.97 Å². The van der Waals surface area contributed by atoms with Crippen molar-refractivity contribution < 1.29 is 28.8 Å². The van der Waals surface area contributed by atoms with Gasteiger partial charge in [0.15, 0.2) is 0 Å². The number of carbonyl (C=O) groups is 4. The van der Waals surface area contributed by atoms with Crippen LogP contribution in [-0.2, 0) is 20.8 Å². The van der Waals surface area contributed by atoms with Crippen molar-refractivity contribution in [2.45, 2.75) is 25.8 Å². The number of anilines is 1. The molecule has 1 N–H and O–H groups in total. The van der Waals surface area contributed by atoms with Crippen LogP contribution in [0.25, 0.3) is 10.9 Å². The highest BCUT2D eigenvalue weighted by Gasteiger charge is 2.44. The van der Waals surface area contributed by atoms with Crippen molar-refractivity contribution in [3.05, 3.63) is 99.2 Å². The molecule has 1 aromatic heterocycles. The first kappa shape index (κ1) is 27.5. The van der Waals surface area contributed by atoms with E-state index in [1.54, 1.807) is 0 Å². The maximum Gasteiger partial charge on any atom is 0.308 e. The molecule has 0 aliphatic carbocycles. The molecule has 41 heavy (non-hydrogen) atoms. The van der Waals surface area contributed by atoms with Crippen LogP contribution in [0.1, 0.15) is 29.3 Å². The monoisotopic (exact) mass is 574 g/mol. The number of fused-ring (bicyclic) bond motifs is 1. The van der Waals surface area contributed by atoms with Crippen LogP contribution in [0.2, 0.25) is 5.02 Å². The van der Waals surface area contributed by atoms with Crippen molar-refractivity contribution >= 4 is 57.6 Å². The second-order valence-electron chi connectivity index (χ2n) is 9.41. The summed E-state index contributed by atoms with van der Waals surface area (Å²) in [6, 6.07) is 16.0. The van der Waals surface area contributed by atoms with Gasteiger partial charge < -0.3 is 14.6 Å². The summed E-state index contributed by atoms with van der Waals surface area (Å²) in [5.41, 5.74) is 1.57. The third-order valence-electron chi connectivity index (χ3n) is 6.80. The molecule has 0 saturated carbocycles. The fraction of sp³-hybridized carbons (Fsp3) is 0.172. The molecule has 11 nitrogen and oxygen atoms in total. The highest BCUT2D eigenvalue weighted by Crippen LogP contribution is 2.31. The van der Waals surface area contributed by atoms with Gasteiger partial charge in [0.1, 0.15) is 16.8 Å². The quantitative estimate of drug-likeness (QED) is 0.106. The molecule has 1 saturated heterocycles. The molecule has 2 heterocycles. The molecule has 208 valence electrons. The van der Waals surface area contributed by atoms with E-state index in [0.29, 0.717) is 6.42 Å². The smallest absolute Gasteiger partial charge is 0.308 e. The van der Waals surface area contributed by atoms with E-state index in [2.05, 4.69) is 4.98 Å². The number of ether oxygens (including phenoxy) is 1. The summed E-state index contributed by atoms with van der Waals surface area (Å²) in [5, 5.41) is 12.3. The van der Waals surface area contributed by atoms with Crippen LogP contribution in [-0.4, -0.2) is 51.1 Å². The predicted octanol–water partition coefficient (Wildman–Crippen LogP) is 4.67. The van der Waals surface area contributed by atoms with Crippen molar-refractivity contribution in [1.29, 1.82) is 0 Å². The summed E-state index contributed by atoms with van der Waals surface area (Å²) in [4.78, 5) is 68.0. The summed E-state index contributed by atoms with van der Waals surface area (Å²) in [6.45, 7) is 1.31. The number of nitrogens with zero attached hydrogens (tertiary/aromatic N) is 3. The lowest BCUT2D eigenvalue weighted by atomic mass is 10.1. The van der Waals surface area contributed by atoms with Gasteiger partial charge in [-0.1, -0.05) is 29.8 Å². The van der Waals surface area contributed by atoms with Crippen LogP contribution in [0, 0.1) is 10.1 Å². The van der Waals surface area contributed by atoms with E-state index in [-0.39, 0.29) is 35.0 Å². The van der Waals surface area contributed by atoms with E-state index in [1.807, 2.05) is 30.5 Å². The molecule has 1 atom stereocenters. The second-order valence-corrected chi connectivity index (χ2v) is 9.81. The van der Waals surface area contributed by atoms with Gasteiger partial charge in [0.2, 0.25) is 5.91 Å². The molecule has 3 aromatic carbocycles. The Kier molecular flexibility index (Phi) is 7.54. The molecule has 0 radical (unpaired) electrons. The topological polar surface area (TPSA) is 143 Å². The zero-order valence-corrected chi connectivity index (χ0v) is 22.5. The number of para-hydroxylation sites is 1. The minimum atomic E-state index is -1.15. The van der Waals surface area contributed by atoms with Gasteiger partial charge in [-0.3, -0.25) is 29.3 Å². The second kappa shape index (κ2) is 11.2. The van der Waals surface area contributed by atoms with Crippen LogP contribution in [0.5, 0.6) is 5.75 Å². The van der Waals surface area contributed by atoms with Crippen LogP contribution >= 0.6 is 11.6 Å². The molecule has 1 aliphatic heterocycles. The van der Waals surface area contributed by atoms with Gasteiger partial charge in [-0.05, 0) is 54.4 Å². The lowest BCUT2D eigenvalue weighted by Crippen LogP contribution is -2.46. The Morgan fingerprint density at radius 3 is 2.56 bits per heavy atom. The Hall–Kier alpha value is -5.03. The van der Waals surface area contributed by atoms with Gasteiger partial charge in [-0.2, -0.15) is 0 Å². The number of amides is 3. The molecule has 1 unspecified atom stereocenters. The Morgan fingerprint density at radius 2 is 1.85 bits per heavy atom. The number of imide groups is 1. The number of aromatic amines is 1. The Morgan fingerprint density at radius 1 is 1.12 bits per heavy atom. The van der Waals surface area contributed by atoms with E-state index < -0.39 is 40.3 Å². The molecule has 3 amide bonds. The van der Waals surface area contributed by atoms with E-state index in [9.17, 15) is 29.3 Å². The van der Waals surface area contributed by atoms with Crippen molar-refractivity contribution in [3.8, 4) is 5.75 Å². The minimum absolute atomic E-state index is 0.0375. The molecule has 12 heteroatoms. The molecule has 0 bridgehead atoms. The van der Waals surface area contributed by atoms with E-state index >= 15 is 0 Å². The summed E-state index contributed by atoms with van der Waals surface area (Å²) < 4.78 is 5.02. The summed E-state index contributed by atoms with van der Waals surface area (Å²) in [7, 11) is 0. The summed E-state index contributed by atoms with van der Waals surface area (Å²) in [5.74, 6) is -2.06. The van der Waals surface area contributed by atoms with Crippen molar-refractivity contribution in [2.24, 2.45) is 0 Å². The lowest BCUT2D eigenvalue weighted by Gasteiger charge is -2.28. The highest BCUT2D eigenvalue weighted by molar-refractivity contribution is 6.32. The number of hydrogen-bond donors (Lipinski definition) is 1. The minimum Gasteiger partial charge on any atom is -0.427 e. The van der Waals surface area contributed by atoms with Crippen molar-refractivity contribution in [3.63, 3.8) is 0 Å². The molecule has 0 spiro atoms. The molecule has 4 aromatic rings. The first-order valence-corrected chi connectivity index (χ1v) is 13.0. The fourth-order valence-electron chi connectivity index (χ4n) is 4.89. The average molecular weight is 575 g/mol. The Labute approximate surface area is 238 Å². The maximum atomic E-state index is 13.8. The number of esters is 1. The number of aromatic nitrogens is 1. The van der Waals surface area contributed by atoms with E-state index in [4.69, 9.17) is 16.3 Å². The number of nitro benzene ring substituents is 1. The normalized spacial score (nSPS) is 14.9. The summed E-state index contributed by atoms with van der Waals surface area (Å²) in [6.07, 6.45) is 1.89. The third-order valence-corrected chi connectivity index (χ3v) is 7.12. The van der Waals surface area contributed by atoms with Crippen molar-refractivity contribution in [2.75, 3.05) is 11.4 Å². The molecular weight excluding hydrogens is 552 g/mol. The Bertz CT molecular complexity index is 1700. The number of benzene rings is 3. The predicted molar refractivity (Wildman–Crippen MR) is 150 cm³/mol. The SMILES string of the molecule is CC(=O)Oc1ccc(N2C(=O)CC(N(CCc3c[nH]c4ccccc34)C(=O)c3ccc(Cl)c([N+](=O)[O-])c3)C2=O)cc1. The highest BCUT2D eigenvalue weighted by atomic mass is 35.5. The van der Waals surface area contributed by atoms with E-state index in [0.717, 1.165) is 27.4 Å². The number of nitro groups is 1. The Balaban J connectivity index is 1.47.